The number of hydrogen-bond acceptors (Lipinski definition) is 7. The fraction of sp³-hybridized carbons (Fsp3) is 0.500. The Bertz CT molecular complexity index is 985. The van der Waals surface area contributed by atoms with E-state index in [0.29, 0.717) is 36.0 Å². The number of amides is 1. The molecule has 1 aromatic carbocycles. The van der Waals surface area contributed by atoms with Gasteiger partial charge < -0.3 is 24.7 Å². The number of benzene rings is 1. The monoisotopic (exact) mass is 455 g/mol. The van der Waals surface area contributed by atoms with Crippen LogP contribution in [0.2, 0.25) is 0 Å². The van der Waals surface area contributed by atoms with E-state index in [1.807, 2.05) is 0 Å². The van der Waals surface area contributed by atoms with Gasteiger partial charge in [-0.2, -0.15) is 0 Å². The molecule has 9 heteroatoms. The molecule has 1 aliphatic heterocycles. The first kappa shape index (κ1) is 24.4. The fourth-order valence-corrected chi connectivity index (χ4v) is 3.70. The molecule has 0 saturated carbocycles. The molecule has 0 spiro atoms. The number of methoxy groups -OCH3 is 1. The predicted octanol–water partition coefficient (Wildman–Crippen LogP) is 2.33. The maximum atomic E-state index is 12.5. The largest absolute Gasteiger partial charge is 0.493 e. The highest BCUT2D eigenvalue weighted by atomic mass is 16.5. The first-order valence-corrected chi connectivity index (χ1v) is 11.5. The number of hydrogen-bond donors (Lipinski definition) is 2. The summed E-state index contributed by atoms with van der Waals surface area (Å²) in [5.74, 6) is 1.37. The van der Waals surface area contributed by atoms with Crippen molar-refractivity contribution in [2.45, 2.75) is 38.5 Å². The maximum absolute atomic E-state index is 12.5. The molecule has 9 nitrogen and oxygen atoms in total. The molecule has 0 radical (unpaired) electrons. The van der Waals surface area contributed by atoms with Crippen LogP contribution in [0.15, 0.2) is 35.6 Å². The highest BCUT2D eigenvalue weighted by molar-refractivity contribution is 5.76. The summed E-state index contributed by atoms with van der Waals surface area (Å²) in [5, 5.41) is 11.1. The van der Waals surface area contributed by atoms with E-state index in [1.165, 1.54) is 19.3 Å². The SMILES string of the molecule is C=CCCOc1ccc(-c2nnc(CCC(=O)NCCN3CCCCC3)c(=O)[nH]2)cc1OC. The van der Waals surface area contributed by atoms with Crippen LogP contribution in [0.3, 0.4) is 0 Å². The van der Waals surface area contributed by atoms with Crippen molar-refractivity contribution in [2.24, 2.45) is 0 Å². The van der Waals surface area contributed by atoms with Crippen molar-refractivity contribution in [3.63, 3.8) is 0 Å². The van der Waals surface area contributed by atoms with Crippen LogP contribution in [0.5, 0.6) is 11.5 Å². The lowest BCUT2D eigenvalue weighted by Gasteiger charge is -2.26. The second-order valence-electron chi connectivity index (χ2n) is 7.99. The molecule has 2 heterocycles. The molecule has 3 rings (SSSR count). The number of aryl methyl sites for hydroxylation is 1. The van der Waals surface area contributed by atoms with Crippen LogP contribution >= 0.6 is 0 Å². The number of carbonyl (C=O) groups is 1. The molecular weight excluding hydrogens is 422 g/mol. The van der Waals surface area contributed by atoms with Gasteiger partial charge in [-0.05, 0) is 50.6 Å². The average Bonchev–Trinajstić information content (AvgIpc) is 2.84. The second kappa shape index (κ2) is 12.7. The molecule has 1 saturated heterocycles. The molecule has 2 N–H and O–H groups in total. The van der Waals surface area contributed by atoms with E-state index in [4.69, 9.17) is 9.47 Å². The molecule has 0 atom stereocenters. The summed E-state index contributed by atoms with van der Waals surface area (Å²) < 4.78 is 11.1. The van der Waals surface area contributed by atoms with E-state index < -0.39 is 0 Å². The summed E-state index contributed by atoms with van der Waals surface area (Å²) >= 11 is 0. The van der Waals surface area contributed by atoms with Gasteiger partial charge in [0, 0.05) is 31.5 Å². The lowest BCUT2D eigenvalue weighted by Crippen LogP contribution is -2.37. The zero-order valence-corrected chi connectivity index (χ0v) is 19.3. The van der Waals surface area contributed by atoms with Crippen LogP contribution in [-0.2, 0) is 11.2 Å². The molecule has 33 heavy (non-hydrogen) atoms. The first-order valence-electron chi connectivity index (χ1n) is 11.5. The topological polar surface area (TPSA) is 109 Å². The molecule has 2 aromatic rings. The molecule has 1 amide bonds. The van der Waals surface area contributed by atoms with Gasteiger partial charge in [-0.25, -0.2) is 0 Å². The zero-order valence-electron chi connectivity index (χ0n) is 19.3. The Hall–Kier alpha value is -3.20. The van der Waals surface area contributed by atoms with Crippen LogP contribution < -0.4 is 20.3 Å². The highest BCUT2D eigenvalue weighted by Crippen LogP contribution is 2.31. The van der Waals surface area contributed by atoms with Gasteiger partial charge in [-0.15, -0.1) is 16.8 Å². The predicted molar refractivity (Wildman–Crippen MR) is 127 cm³/mol. The van der Waals surface area contributed by atoms with Crippen LogP contribution in [0.25, 0.3) is 11.4 Å². The molecule has 0 aliphatic carbocycles. The Morgan fingerprint density at radius 3 is 2.79 bits per heavy atom. The molecule has 1 aliphatic rings. The summed E-state index contributed by atoms with van der Waals surface area (Å²) in [5.41, 5.74) is 0.530. The van der Waals surface area contributed by atoms with Gasteiger partial charge in [0.25, 0.3) is 5.56 Å². The molecule has 0 bridgehead atoms. The third-order valence-electron chi connectivity index (χ3n) is 5.57. The smallest absolute Gasteiger partial charge is 0.273 e. The number of aromatic amines is 1. The van der Waals surface area contributed by atoms with E-state index in [2.05, 4.69) is 32.0 Å². The van der Waals surface area contributed by atoms with Gasteiger partial charge in [0.1, 0.15) is 5.69 Å². The number of piperidine rings is 1. The summed E-state index contributed by atoms with van der Waals surface area (Å²) in [4.78, 5) is 29.7. The van der Waals surface area contributed by atoms with E-state index >= 15 is 0 Å². The minimum atomic E-state index is -0.355. The van der Waals surface area contributed by atoms with Gasteiger partial charge in [-0.1, -0.05) is 12.5 Å². The lowest BCUT2D eigenvalue weighted by molar-refractivity contribution is -0.121. The van der Waals surface area contributed by atoms with Gasteiger partial charge >= 0.3 is 0 Å². The first-order chi connectivity index (χ1) is 16.1. The van der Waals surface area contributed by atoms with Crippen molar-refractivity contribution < 1.29 is 14.3 Å². The third kappa shape index (κ3) is 7.42. The number of nitrogens with zero attached hydrogens (tertiary/aromatic N) is 3. The Morgan fingerprint density at radius 1 is 1.24 bits per heavy atom. The van der Waals surface area contributed by atoms with Gasteiger partial charge in [-0.3, -0.25) is 9.59 Å². The molecule has 1 fully saturated rings. The van der Waals surface area contributed by atoms with E-state index in [9.17, 15) is 9.59 Å². The number of aromatic nitrogens is 3. The Balaban J connectivity index is 1.53. The molecule has 0 unspecified atom stereocenters. The summed E-state index contributed by atoms with van der Waals surface area (Å²) in [6, 6.07) is 5.28. The Kier molecular flexibility index (Phi) is 9.44. The third-order valence-corrected chi connectivity index (χ3v) is 5.57. The minimum absolute atomic E-state index is 0.0888. The lowest BCUT2D eigenvalue weighted by atomic mass is 10.1. The molecule has 1 aromatic heterocycles. The maximum Gasteiger partial charge on any atom is 0.273 e. The Labute approximate surface area is 194 Å². The average molecular weight is 456 g/mol. The molecule has 178 valence electrons. The fourth-order valence-electron chi connectivity index (χ4n) is 3.70. The van der Waals surface area contributed by atoms with Crippen LogP contribution in [0.1, 0.15) is 37.8 Å². The van der Waals surface area contributed by atoms with Gasteiger partial charge in [0.2, 0.25) is 5.91 Å². The minimum Gasteiger partial charge on any atom is -0.493 e. The van der Waals surface area contributed by atoms with Gasteiger partial charge in [0.15, 0.2) is 17.3 Å². The van der Waals surface area contributed by atoms with Crippen molar-refractivity contribution in [1.82, 2.24) is 25.4 Å². The molecular formula is C24H33N5O4. The van der Waals surface area contributed by atoms with Gasteiger partial charge in [0.05, 0.1) is 13.7 Å². The van der Waals surface area contributed by atoms with Crippen molar-refractivity contribution in [3.8, 4) is 22.9 Å². The number of carbonyl (C=O) groups excluding carboxylic acids is 1. The number of H-pyrrole nitrogens is 1. The van der Waals surface area contributed by atoms with E-state index in [-0.39, 0.29) is 30.0 Å². The van der Waals surface area contributed by atoms with E-state index in [1.54, 1.807) is 31.4 Å². The van der Waals surface area contributed by atoms with Crippen molar-refractivity contribution in [2.75, 3.05) is 39.9 Å². The summed E-state index contributed by atoms with van der Waals surface area (Å²) in [7, 11) is 1.55. The van der Waals surface area contributed by atoms with Crippen LogP contribution in [0.4, 0.5) is 0 Å². The standard InChI is InChI=1S/C24H33N5O4/c1-3-4-16-33-20-10-8-18(17-21(20)32-2)23-26-24(31)19(27-28-23)9-11-22(30)25-12-15-29-13-6-5-7-14-29/h3,8,10,17H,1,4-7,9,11-16H2,2H3,(H,25,30)(H,26,28,31). The summed E-state index contributed by atoms with van der Waals surface area (Å²) in [6.07, 6.45) is 6.68. The number of rotatable bonds is 12. The highest BCUT2D eigenvalue weighted by Gasteiger charge is 2.13. The quantitative estimate of drug-likeness (QED) is 0.373. The van der Waals surface area contributed by atoms with Crippen LogP contribution in [-0.4, -0.2) is 65.9 Å². The van der Waals surface area contributed by atoms with E-state index in [0.717, 1.165) is 26.1 Å². The number of ether oxygens (including phenoxy) is 2. The van der Waals surface area contributed by atoms with Crippen LogP contribution in [0, 0.1) is 0 Å². The normalized spacial score (nSPS) is 14.0. The second-order valence-corrected chi connectivity index (χ2v) is 7.99. The summed E-state index contributed by atoms with van der Waals surface area (Å²) in [6.45, 7) is 7.86. The number of nitrogens with one attached hydrogen (secondary N) is 2. The van der Waals surface area contributed by atoms with Crippen molar-refractivity contribution in [1.29, 1.82) is 0 Å². The van der Waals surface area contributed by atoms with Crippen molar-refractivity contribution >= 4 is 5.91 Å². The number of likely N-dealkylation sites (tertiary alicyclic amines) is 1. The Morgan fingerprint density at radius 2 is 2.06 bits per heavy atom. The zero-order chi connectivity index (χ0) is 23.5. The van der Waals surface area contributed by atoms with Crippen molar-refractivity contribution in [3.05, 3.63) is 46.9 Å².